The van der Waals surface area contributed by atoms with Crippen LogP contribution in [-0.4, -0.2) is 42.0 Å². The minimum absolute atomic E-state index is 0.0529. The van der Waals surface area contributed by atoms with E-state index in [0.29, 0.717) is 54.3 Å². The summed E-state index contributed by atoms with van der Waals surface area (Å²) < 4.78 is 6.47. The summed E-state index contributed by atoms with van der Waals surface area (Å²) in [5.74, 6) is 0.488. The fraction of sp³-hybridized carbons (Fsp3) is 0.250. The fourth-order valence-corrected chi connectivity index (χ4v) is 3.82. The largest absolute Gasteiger partial charge is 0.440 e. The van der Waals surface area contributed by atoms with Gasteiger partial charge in [0.2, 0.25) is 0 Å². The van der Waals surface area contributed by atoms with Crippen LogP contribution in [0.5, 0.6) is 0 Å². The van der Waals surface area contributed by atoms with Crippen molar-refractivity contribution in [2.45, 2.75) is 6.92 Å². The Bertz CT molecular complexity index is 1060. The second-order valence-corrected chi connectivity index (χ2v) is 7.39. The van der Waals surface area contributed by atoms with Gasteiger partial charge in [0.05, 0.1) is 17.2 Å². The first kappa shape index (κ1) is 17.6. The minimum Gasteiger partial charge on any atom is -0.440 e. The van der Waals surface area contributed by atoms with Crippen LogP contribution >= 0.6 is 15.9 Å². The van der Waals surface area contributed by atoms with Gasteiger partial charge in [-0.15, -0.1) is 0 Å². The van der Waals surface area contributed by atoms with Crippen LogP contribution in [0.25, 0.3) is 11.1 Å². The zero-order valence-electron chi connectivity index (χ0n) is 14.8. The number of hydrogen-bond acceptors (Lipinski definition) is 5. The summed E-state index contributed by atoms with van der Waals surface area (Å²) in [5.41, 5.74) is 3.39. The smallest absolute Gasteiger partial charge is 0.257 e. The van der Waals surface area contributed by atoms with E-state index in [1.807, 2.05) is 29.2 Å². The SMILES string of the molecule is Cc1nc2cc(Br)cc(C(=O)N3CCN(c4cccc(C#N)c4)CC3)c2o1. The van der Waals surface area contributed by atoms with Gasteiger partial charge in [-0.05, 0) is 30.3 Å². The maximum atomic E-state index is 13.1. The number of fused-ring (bicyclic) bond motifs is 1. The third kappa shape index (κ3) is 3.40. The molecule has 1 saturated heterocycles. The predicted molar refractivity (Wildman–Crippen MR) is 106 cm³/mol. The van der Waals surface area contributed by atoms with E-state index in [4.69, 9.17) is 9.68 Å². The highest BCUT2D eigenvalue weighted by Gasteiger charge is 2.25. The van der Waals surface area contributed by atoms with Crippen LogP contribution in [0, 0.1) is 18.3 Å². The molecule has 0 atom stereocenters. The number of rotatable bonds is 2. The lowest BCUT2D eigenvalue weighted by atomic mass is 10.1. The third-order valence-corrected chi connectivity index (χ3v) is 5.16. The minimum atomic E-state index is -0.0529. The average molecular weight is 425 g/mol. The van der Waals surface area contributed by atoms with Gasteiger partial charge in [-0.2, -0.15) is 5.26 Å². The van der Waals surface area contributed by atoms with Crippen molar-refractivity contribution < 1.29 is 9.21 Å². The van der Waals surface area contributed by atoms with E-state index < -0.39 is 0 Å². The first-order valence-corrected chi connectivity index (χ1v) is 9.45. The Morgan fingerprint density at radius 1 is 1.22 bits per heavy atom. The number of nitriles is 1. The molecule has 0 N–H and O–H groups in total. The fourth-order valence-electron chi connectivity index (χ4n) is 3.38. The molecule has 1 aliphatic rings. The van der Waals surface area contributed by atoms with Crippen molar-refractivity contribution >= 4 is 38.6 Å². The Morgan fingerprint density at radius 2 is 2.00 bits per heavy atom. The number of oxazole rings is 1. The number of amides is 1. The number of piperazine rings is 1. The van der Waals surface area contributed by atoms with Crippen molar-refractivity contribution in [3.05, 3.63) is 57.9 Å². The number of anilines is 1. The standard InChI is InChI=1S/C20H17BrN4O2/c1-13-23-18-11-15(21)10-17(19(18)27-13)20(26)25-7-5-24(6-8-25)16-4-2-3-14(9-16)12-22/h2-4,9-11H,5-8H2,1H3. The van der Waals surface area contributed by atoms with E-state index in [2.05, 4.69) is 31.9 Å². The number of hydrogen-bond donors (Lipinski definition) is 0. The number of carbonyl (C=O) groups is 1. The number of benzene rings is 2. The molecule has 0 spiro atoms. The highest BCUT2D eigenvalue weighted by Crippen LogP contribution is 2.27. The maximum absolute atomic E-state index is 13.1. The molecule has 1 aliphatic heterocycles. The number of carbonyl (C=O) groups excluding carboxylic acids is 1. The molecule has 6 nitrogen and oxygen atoms in total. The van der Waals surface area contributed by atoms with Crippen LogP contribution in [-0.2, 0) is 0 Å². The summed E-state index contributed by atoms with van der Waals surface area (Å²) in [6.45, 7) is 4.42. The van der Waals surface area contributed by atoms with Gasteiger partial charge in [0.1, 0.15) is 5.52 Å². The Labute approximate surface area is 165 Å². The Kier molecular flexibility index (Phi) is 4.58. The van der Waals surface area contributed by atoms with Crippen molar-refractivity contribution in [1.29, 1.82) is 5.26 Å². The molecule has 0 unspecified atom stereocenters. The summed E-state index contributed by atoms with van der Waals surface area (Å²) >= 11 is 3.45. The van der Waals surface area contributed by atoms with E-state index in [1.165, 1.54) is 0 Å². The lowest BCUT2D eigenvalue weighted by Crippen LogP contribution is -2.48. The first-order valence-electron chi connectivity index (χ1n) is 8.66. The van der Waals surface area contributed by atoms with Gasteiger partial charge in [0.15, 0.2) is 11.5 Å². The van der Waals surface area contributed by atoms with Crippen LogP contribution in [0.1, 0.15) is 21.8 Å². The zero-order valence-corrected chi connectivity index (χ0v) is 16.4. The summed E-state index contributed by atoms with van der Waals surface area (Å²) in [6.07, 6.45) is 0. The van der Waals surface area contributed by atoms with Gasteiger partial charge < -0.3 is 14.2 Å². The Balaban J connectivity index is 1.53. The molecule has 3 aromatic rings. The molecule has 0 aliphatic carbocycles. The molecule has 1 aromatic heterocycles. The molecule has 1 amide bonds. The first-order chi connectivity index (χ1) is 13.0. The van der Waals surface area contributed by atoms with E-state index >= 15 is 0 Å². The molecule has 7 heteroatoms. The normalized spacial score (nSPS) is 14.4. The summed E-state index contributed by atoms with van der Waals surface area (Å²) in [6, 6.07) is 13.4. The van der Waals surface area contributed by atoms with Gasteiger partial charge >= 0.3 is 0 Å². The highest BCUT2D eigenvalue weighted by molar-refractivity contribution is 9.10. The topological polar surface area (TPSA) is 73.4 Å². The Morgan fingerprint density at radius 3 is 2.74 bits per heavy atom. The number of aromatic nitrogens is 1. The molecule has 0 bridgehead atoms. The van der Waals surface area contributed by atoms with Gasteiger partial charge in [0.25, 0.3) is 5.91 Å². The Hall–Kier alpha value is -2.85. The maximum Gasteiger partial charge on any atom is 0.257 e. The summed E-state index contributed by atoms with van der Waals surface area (Å²) in [5, 5.41) is 9.07. The molecule has 136 valence electrons. The monoisotopic (exact) mass is 424 g/mol. The lowest BCUT2D eigenvalue weighted by molar-refractivity contribution is 0.0747. The van der Waals surface area contributed by atoms with Gasteiger partial charge in [0, 0.05) is 43.3 Å². The quantitative estimate of drug-likeness (QED) is 0.626. The van der Waals surface area contributed by atoms with Crippen LogP contribution in [0.15, 0.2) is 45.3 Å². The lowest BCUT2D eigenvalue weighted by Gasteiger charge is -2.36. The zero-order chi connectivity index (χ0) is 19.0. The molecule has 2 aromatic carbocycles. The molecular formula is C20H17BrN4O2. The number of nitrogens with zero attached hydrogens (tertiary/aromatic N) is 4. The van der Waals surface area contributed by atoms with Crippen molar-refractivity contribution in [3.8, 4) is 6.07 Å². The average Bonchev–Trinajstić information content (AvgIpc) is 3.06. The van der Waals surface area contributed by atoms with Gasteiger partial charge in [-0.3, -0.25) is 4.79 Å². The van der Waals surface area contributed by atoms with Crippen molar-refractivity contribution in [2.24, 2.45) is 0 Å². The van der Waals surface area contributed by atoms with Crippen LogP contribution < -0.4 is 4.90 Å². The van der Waals surface area contributed by atoms with Crippen LogP contribution in [0.4, 0.5) is 5.69 Å². The number of halogens is 1. The van der Waals surface area contributed by atoms with E-state index in [0.717, 1.165) is 10.2 Å². The number of aryl methyl sites for hydroxylation is 1. The molecular weight excluding hydrogens is 408 g/mol. The summed E-state index contributed by atoms with van der Waals surface area (Å²) in [7, 11) is 0. The molecule has 27 heavy (non-hydrogen) atoms. The highest BCUT2D eigenvalue weighted by atomic mass is 79.9. The molecule has 0 radical (unpaired) electrons. The second-order valence-electron chi connectivity index (χ2n) is 6.48. The van der Waals surface area contributed by atoms with Crippen molar-refractivity contribution in [2.75, 3.05) is 31.1 Å². The van der Waals surface area contributed by atoms with E-state index in [9.17, 15) is 4.79 Å². The third-order valence-electron chi connectivity index (χ3n) is 4.70. The molecule has 1 fully saturated rings. The van der Waals surface area contributed by atoms with Crippen molar-refractivity contribution in [3.63, 3.8) is 0 Å². The molecule has 0 saturated carbocycles. The molecule has 2 heterocycles. The van der Waals surface area contributed by atoms with E-state index in [1.54, 1.807) is 19.1 Å². The molecule has 4 rings (SSSR count). The second kappa shape index (κ2) is 7.05. The van der Waals surface area contributed by atoms with E-state index in [-0.39, 0.29) is 5.91 Å². The summed E-state index contributed by atoms with van der Waals surface area (Å²) in [4.78, 5) is 21.4. The van der Waals surface area contributed by atoms with Crippen LogP contribution in [0.3, 0.4) is 0 Å². The van der Waals surface area contributed by atoms with Gasteiger partial charge in [-0.1, -0.05) is 22.0 Å². The predicted octanol–water partition coefficient (Wildman–Crippen LogP) is 3.73. The van der Waals surface area contributed by atoms with Crippen LogP contribution in [0.2, 0.25) is 0 Å². The van der Waals surface area contributed by atoms with Crippen molar-refractivity contribution in [1.82, 2.24) is 9.88 Å². The van der Waals surface area contributed by atoms with Gasteiger partial charge in [-0.25, -0.2) is 4.98 Å².